The van der Waals surface area contributed by atoms with Gasteiger partial charge in [0.25, 0.3) is 0 Å². The highest BCUT2D eigenvalue weighted by Gasteiger charge is 2.42. The fourth-order valence-corrected chi connectivity index (χ4v) is 5.12. The minimum Gasteiger partial charge on any atom is -0.504 e. The van der Waals surface area contributed by atoms with E-state index in [4.69, 9.17) is 4.99 Å². The Kier molecular flexibility index (Phi) is 4.61. The quantitative estimate of drug-likeness (QED) is 0.748. The van der Waals surface area contributed by atoms with Gasteiger partial charge in [-0.05, 0) is 42.9 Å². The van der Waals surface area contributed by atoms with Crippen LogP contribution in [0.5, 0.6) is 0 Å². The Morgan fingerprint density at radius 2 is 2.07 bits per heavy atom. The van der Waals surface area contributed by atoms with Gasteiger partial charge in [-0.25, -0.2) is 9.38 Å². The molecule has 0 bridgehead atoms. The molecular weight excluding hydrogens is 339 g/mol. The Balaban J connectivity index is 1.71. The molecule has 0 spiro atoms. The van der Waals surface area contributed by atoms with E-state index in [-0.39, 0.29) is 17.0 Å². The number of halogens is 1. The topological polar surface area (TPSA) is 35.8 Å². The molecule has 2 fully saturated rings. The molecule has 1 unspecified atom stereocenters. The van der Waals surface area contributed by atoms with Gasteiger partial charge in [-0.2, -0.15) is 0 Å². The molecular formula is C23H29FN2O. The molecule has 4 heteroatoms. The number of aliphatic hydroxyl groups is 1. The fraction of sp³-hybridized carbons (Fsp3) is 0.522. The van der Waals surface area contributed by atoms with Gasteiger partial charge in [0.15, 0.2) is 5.76 Å². The van der Waals surface area contributed by atoms with E-state index in [9.17, 15) is 9.50 Å². The van der Waals surface area contributed by atoms with Crippen molar-refractivity contribution in [2.24, 2.45) is 10.9 Å². The smallest absolute Gasteiger partial charge is 0.160 e. The molecule has 27 heavy (non-hydrogen) atoms. The molecule has 3 nitrogen and oxygen atoms in total. The van der Waals surface area contributed by atoms with E-state index < -0.39 is 0 Å². The third-order valence-electron chi connectivity index (χ3n) is 6.73. The molecule has 2 heterocycles. The first-order chi connectivity index (χ1) is 12.9. The summed E-state index contributed by atoms with van der Waals surface area (Å²) in [5.74, 6) is 1.48. The lowest BCUT2D eigenvalue weighted by Crippen LogP contribution is -2.37. The molecule has 3 aliphatic rings. The van der Waals surface area contributed by atoms with Crippen molar-refractivity contribution in [2.45, 2.75) is 64.2 Å². The van der Waals surface area contributed by atoms with Crippen LogP contribution in [0.3, 0.4) is 0 Å². The summed E-state index contributed by atoms with van der Waals surface area (Å²) in [7, 11) is 0. The third kappa shape index (κ3) is 2.99. The fourth-order valence-electron chi connectivity index (χ4n) is 5.12. The predicted molar refractivity (Wildman–Crippen MR) is 107 cm³/mol. The van der Waals surface area contributed by atoms with Gasteiger partial charge in [-0.1, -0.05) is 45.4 Å². The summed E-state index contributed by atoms with van der Waals surface area (Å²) < 4.78 is 14.1. The standard InChI is InChI=1S/C23H29FN2O/c1-4-17-13-18(7-8-19(17)24)23(10-5-6-11-23)14-20-25-16(3)22(27)21-15(2)9-12-26(20)21/h7-8,13,15,27H,3-6,9-12,14H2,1-2H3. The van der Waals surface area contributed by atoms with Crippen molar-refractivity contribution in [1.82, 2.24) is 4.90 Å². The number of nitrogens with zero attached hydrogens (tertiary/aromatic N) is 2. The highest BCUT2D eigenvalue weighted by atomic mass is 19.1. The summed E-state index contributed by atoms with van der Waals surface area (Å²) in [5.41, 5.74) is 3.49. The lowest BCUT2D eigenvalue weighted by Gasteiger charge is -2.36. The SMILES string of the molecule is C=C1N=C(CC2(c3ccc(F)c(CC)c3)CCCC2)N2CCC(C)C2=C1O. The molecule has 144 valence electrons. The Morgan fingerprint density at radius 1 is 1.33 bits per heavy atom. The highest BCUT2D eigenvalue weighted by molar-refractivity contribution is 5.88. The lowest BCUT2D eigenvalue weighted by atomic mass is 9.75. The summed E-state index contributed by atoms with van der Waals surface area (Å²) >= 11 is 0. The molecule has 1 saturated heterocycles. The molecule has 0 amide bonds. The number of rotatable bonds is 4. The largest absolute Gasteiger partial charge is 0.504 e. The van der Waals surface area contributed by atoms with E-state index in [2.05, 4.69) is 24.5 Å². The van der Waals surface area contributed by atoms with Crippen LogP contribution in [-0.2, 0) is 11.8 Å². The van der Waals surface area contributed by atoms with Crippen LogP contribution in [0.2, 0.25) is 0 Å². The molecule has 0 aromatic heterocycles. The number of fused-ring (bicyclic) bond motifs is 1. The summed E-state index contributed by atoms with van der Waals surface area (Å²) in [5, 5.41) is 10.5. The van der Waals surface area contributed by atoms with E-state index in [1.54, 1.807) is 6.07 Å². The van der Waals surface area contributed by atoms with E-state index in [1.165, 1.54) is 18.4 Å². The molecule has 1 aromatic carbocycles. The maximum Gasteiger partial charge on any atom is 0.160 e. The van der Waals surface area contributed by atoms with Crippen LogP contribution < -0.4 is 0 Å². The van der Waals surface area contributed by atoms with Crippen LogP contribution in [0.4, 0.5) is 4.39 Å². The maximum absolute atomic E-state index is 14.1. The number of hydrogen-bond donors (Lipinski definition) is 1. The number of aryl methyl sites for hydroxylation is 1. The number of hydrogen-bond acceptors (Lipinski definition) is 3. The van der Waals surface area contributed by atoms with Crippen molar-refractivity contribution in [2.75, 3.05) is 6.54 Å². The van der Waals surface area contributed by atoms with Gasteiger partial charge < -0.3 is 10.0 Å². The van der Waals surface area contributed by atoms with Gasteiger partial charge in [-0.15, -0.1) is 0 Å². The number of amidine groups is 1. The summed E-state index contributed by atoms with van der Waals surface area (Å²) in [4.78, 5) is 6.91. The van der Waals surface area contributed by atoms with Crippen molar-refractivity contribution in [1.29, 1.82) is 0 Å². The van der Waals surface area contributed by atoms with Gasteiger partial charge >= 0.3 is 0 Å². The first-order valence-electron chi connectivity index (χ1n) is 10.2. The van der Waals surface area contributed by atoms with Crippen LogP contribution in [0.25, 0.3) is 0 Å². The molecule has 1 atom stereocenters. The van der Waals surface area contributed by atoms with Crippen LogP contribution in [0.1, 0.15) is 63.5 Å². The van der Waals surface area contributed by atoms with E-state index in [0.717, 1.165) is 49.3 Å². The Labute approximate surface area is 161 Å². The molecule has 0 radical (unpaired) electrons. The van der Waals surface area contributed by atoms with Gasteiger partial charge in [0.05, 0.1) is 5.70 Å². The van der Waals surface area contributed by atoms with Gasteiger partial charge in [0.2, 0.25) is 0 Å². The van der Waals surface area contributed by atoms with Gasteiger partial charge in [0.1, 0.15) is 17.3 Å². The number of benzene rings is 1. The van der Waals surface area contributed by atoms with Gasteiger partial charge in [0, 0.05) is 24.3 Å². The molecule has 1 aromatic rings. The minimum atomic E-state index is -0.110. The highest BCUT2D eigenvalue weighted by Crippen LogP contribution is 2.47. The third-order valence-corrected chi connectivity index (χ3v) is 6.73. The molecule has 2 aliphatic heterocycles. The van der Waals surface area contributed by atoms with E-state index in [0.29, 0.717) is 18.0 Å². The molecule has 1 N–H and O–H groups in total. The lowest BCUT2D eigenvalue weighted by molar-refractivity contribution is 0.371. The first kappa shape index (κ1) is 18.3. The second kappa shape index (κ2) is 6.81. The Bertz CT molecular complexity index is 833. The minimum absolute atomic E-state index is 0.000625. The van der Waals surface area contributed by atoms with E-state index >= 15 is 0 Å². The average Bonchev–Trinajstić information content (AvgIpc) is 3.28. The van der Waals surface area contributed by atoms with Crippen molar-refractivity contribution in [3.05, 3.63) is 58.9 Å². The molecule has 1 aliphatic carbocycles. The summed E-state index contributed by atoms with van der Waals surface area (Å²) in [6.45, 7) is 9.03. The molecule has 4 rings (SSSR count). The number of allylic oxidation sites excluding steroid dienone is 1. The van der Waals surface area contributed by atoms with Crippen LogP contribution >= 0.6 is 0 Å². The summed E-state index contributed by atoms with van der Waals surface area (Å²) in [6, 6.07) is 5.67. The van der Waals surface area contributed by atoms with Crippen LogP contribution in [0, 0.1) is 11.7 Å². The van der Waals surface area contributed by atoms with Crippen molar-refractivity contribution in [3.63, 3.8) is 0 Å². The van der Waals surface area contributed by atoms with Crippen molar-refractivity contribution in [3.8, 4) is 0 Å². The Hall–Kier alpha value is -2.10. The van der Waals surface area contributed by atoms with Crippen molar-refractivity contribution >= 4 is 5.84 Å². The monoisotopic (exact) mass is 368 g/mol. The van der Waals surface area contributed by atoms with Crippen LogP contribution in [-0.4, -0.2) is 22.4 Å². The second-order valence-corrected chi connectivity index (χ2v) is 8.37. The van der Waals surface area contributed by atoms with Crippen molar-refractivity contribution < 1.29 is 9.50 Å². The average molecular weight is 368 g/mol. The Morgan fingerprint density at radius 3 is 2.78 bits per heavy atom. The zero-order valence-corrected chi connectivity index (χ0v) is 16.4. The number of aliphatic imine (C=N–C) groups is 1. The summed E-state index contributed by atoms with van der Waals surface area (Å²) in [6.07, 6.45) is 7.13. The van der Waals surface area contributed by atoms with Crippen LogP contribution in [0.15, 0.2) is 46.9 Å². The van der Waals surface area contributed by atoms with E-state index in [1.807, 2.05) is 13.0 Å². The predicted octanol–water partition coefficient (Wildman–Crippen LogP) is 5.63. The maximum atomic E-state index is 14.1. The zero-order valence-electron chi connectivity index (χ0n) is 16.4. The number of aliphatic hydroxyl groups excluding tert-OH is 1. The first-order valence-corrected chi connectivity index (χ1v) is 10.2. The van der Waals surface area contributed by atoms with Gasteiger partial charge in [-0.3, -0.25) is 0 Å². The second-order valence-electron chi connectivity index (χ2n) is 8.37. The zero-order chi connectivity index (χ0) is 19.2. The normalized spacial score (nSPS) is 24.4. The molecule has 1 saturated carbocycles.